The van der Waals surface area contributed by atoms with Crippen LogP contribution in [-0.4, -0.2) is 41.7 Å². The Balaban J connectivity index is 2.19. The second-order valence-corrected chi connectivity index (χ2v) is 4.99. The number of aromatic nitrogens is 2. The number of imidazole rings is 1. The Morgan fingerprint density at radius 2 is 1.84 bits per heavy atom. The lowest BCUT2D eigenvalue weighted by Gasteiger charge is -2.14. The van der Waals surface area contributed by atoms with Gasteiger partial charge in [-0.2, -0.15) is 0 Å². The van der Waals surface area contributed by atoms with Crippen molar-refractivity contribution in [1.82, 2.24) is 9.55 Å². The maximum Gasteiger partial charge on any atom is 0.381 e. The number of nitrogens with zero attached hydrogens (tertiary/aromatic N) is 3. The Labute approximate surface area is 143 Å². The summed E-state index contributed by atoms with van der Waals surface area (Å²) in [7, 11) is 4.42. The summed E-state index contributed by atoms with van der Waals surface area (Å²) in [5.41, 5.74) is 0.437. The molecule has 0 fully saturated rings. The van der Waals surface area contributed by atoms with Crippen LogP contribution in [0.3, 0.4) is 0 Å². The molecular weight excluding hydrogens is 332 g/mol. The van der Waals surface area contributed by atoms with Crippen LogP contribution in [0.25, 0.3) is 0 Å². The molecule has 0 radical (unpaired) electrons. The molecule has 10 nitrogen and oxygen atoms in total. The number of amides is 1. The van der Waals surface area contributed by atoms with Crippen LogP contribution in [0.15, 0.2) is 18.3 Å². The number of ether oxygens (including phenoxy) is 3. The number of carbonyl (C=O) groups is 1. The number of hydrogen-bond donors (Lipinski definition) is 1. The zero-order chi connectivity index (χ0) is 18.6. The van der Waals surface area contributed by atoms with Crippen LogP contribution in [0.1, 0.15) is 5.82 Å². The quantitative estimate of drug-likeness (QED) is 0.597. The molecule has 1 aromatic carbocycles. The van der Waals surface area contributed by atoms with Gasteiger partial charge in [-0.25, -0.2) is 0 Å². The zero-order valence-electron chi connectivity index (χ0n) is 14.2. The van der Waals surface area contributed by atoms with Crippen molar-refractivity contribution in [2.45, 2.75) is 13.5 Å². The first kappa shape index (κ1) is 18.0. The SMILES string of the molecule is COc1cc(NC(=O)Cn2cc([N+](=O)[O-])nc2C)cc(OC)c1OC. The average molecular weight is 350 g/mol. The number of carbonyl (C=O) groups excluding carboxylic acids is 1. The second kappa shape index (κ2) is 7.51. The van der Waals surface area contributed by atoms with Crippen LogP contribution in [-0.2, 0) is 11.3 Å². The zero-order valence-corrected chi connectivity index (χ0v) is 14.2. The average Bonchev–Trinajstić information content (AvgIpc) is 2.94. The summed E-state index contributed by atoms with van der Waals surface area (Å²) in [5, 5.41) is 13.4. The first-order valence-corrected chi connectivity index (χ1v) is 7.17. The van der Waals surface area contributed by atoms with Crippen molar-refractivity contribution in [1.29, 1.82) is 0 Å². The van der Waals surface area contributed by atoms with Crippen molar-refractivity contribution in [2.24, 2.45) is 0 Å². The van der Waals surface area contributed by atoms with E-state index in [1.807, 2.05) is 0 Å². The van der Waals surface area contributed by atoms with Gasteiger partial charge in [0.05, 0.1) is 21.3 Å². The van der Waals surface area contributed by atoms with Gasteiger partial charge in [0.2, 0.25) is 17.5 Å². The van der Waals surface area contributed by atoms with Gasteiger partial charge in [-0.1, -0.05) is 0 Å². The molecule has 0 bridgehead atoms. The van der Waals surface area contributed by atoms with E-state index in [4.69, 9.17) is 14.2 Å². The second-order valence-electron chi connectivity index (χ2n) is 4.99. The number of aryl methyl sites for hydroxylation is 1. The molecule has 0 aliphatic carbocycles. The van der Waals surface area contributed by atoms with Crippen molar-refractivity contribution in [3.05, 3.63) is 34.3 Å². The minimum absolute atomic E-state index is 0.122. The fraction of sp³-hybridized carbons (Fsp3) is 0.333. The topological polar surface area (TPSA) is 118 Å². The number of nitro groups is 1. The van der Waals surface area contributed by atoms with E-state index in [-0.39, 0.29) is 18.3 Å². The van der Waals surface area contributed by atoms with Gasteiger partial charge >= 0.3 is 5.82 Å². The summed E-state index contributed by atoms with van der Waals surface area (Å²) >= 11 is 0. The van der Waals surface area contributed by atoms with Crippen molar-refractivity contribution < 1.29 is 23.9 Å². The molecule has 0 saturated carbocycles. The Morgan fingerprint density at radius 3 is 2.28 bits per heavy atom. The fourth-order valence-electron chi connectivity index (χ4n) is 2.25. The summed E-state index contributed by atoms with van der Waals surface area (Å²) in [6.07, 6.45) is 1.21. The van der Waals surface area contributed by atoms with E-state index in [9.17, 15) is 14.9 Å². The fourth-order valence-corrected chi connectivity index (χ4v) is 2.25. The minimum Gasteiger partial charge on any atom is -0.493 e. The van der Waals surface area contributed by atoms with Gasteiger partial charge in [0.1, 0.15) is 12.7 Å². The van der Waals surface area contributed by atoms with Crippen molar-refractivity contribution in [2.75, 3.05) is 26.6 Å². The van der Waals surface area contributed by atoms with E-state index >= 15 is 0 Å². The van der Waals surface area contributed by atoms with Crippen LogP contribution in [0.2, 0.25) is 0 Å². The molecule has 0 atom stereocenters. The Kier molecular flexibility index (Phi) is 5.42. The summed E-state index contributed by atoms with van der Waals surface area (Å²) in [5.74, 6) is 0.872. The maximum atomic E-state index is 12.2. The normalized spacial score (nSPS) is 10.2. The summed E-state index contributed by atoms with van der Waals surface area (Å²) in [6.45, 7) is 1.46. The third kappa shape index (κ3) is 3.97. The number of rotatable bonds is 7. The number of methoxy groups -OCH3 is 3. The summed E-state index contributed by atoms with van der Waals surface area (Å²) in [6, 6.07) is 3.17. The Hall–Kier alpha value is -3.30. The molecule has 1 heterocycles. The van der Waals surface area contributed by atoms with Gasteiger partial charge < -0.3 is 29.6 Å². The Morgan fingerprint density at radius 1 is 1.24 bits per heavy atom. The Bertz CT molecular complexity index is 776. The highest BCUT2D eigenvalue weighted by molar-refractivity contribution is 5.91. The molecule has 10 heteroatoms. The predicted molar refractivity (Wildman–Crippen MR) is 88.3 cm³/mol. The highest BCUT2D eigenvalue weighted by atomic mass is 16.6. The van der Waals surface area contributed by atoms with E-state index in [1.54, 1.807) is 19.1 Å². The molecule has 0 aliphatic heterocycles. The maximum absolute atomic E-state index is 12.2. The monoisotopic (exact) mass is 350 g/mol. The van der Waals surface area contributed by atoms with E-state index < -0.39 is 4.92 Å². The highest BCUT2D eigenvalue weighted by Crippen LogP contribution is 2.39. The van der Waals surface area contributed by atoms with Crippen LogP contribution in [0, 0.1) is 17.0 Å². The first-order chi connectivity index (χ1) is 11.9. The molecular formula is C15H18N4O6. The van der Waals surface area contributed by atoms with Crippen LogP contribution in [0.4, 0.5) is 11.5 Å². The molecule has 25 heavy (non-hydrogen) atoms. The minimum atomic E-state index is -0.611. The molecule has 2 rings (SSSR count). The largest absolute Gasteiger partial charge is 0.493 e. The molecule has 1 aromatic heterocycles. The molecule has 0 unspecified atom stereocenters. The van der Waals surface area contributed by atoms with Crippen molar-refractivity contribution in [3.63, 3.8) is 0 Å². The third-order valence-electron chi connectivity index (χ3n) is 3.41. The van der Waals surface area contributed by atoms with Crippen LogP contribution >= 0.6 is 0 Å². The number of nitrogens with one attached hydrogen (secondary N) is 1. The lowest BCUT2D eigenvalue weighted by Crippen LogP contribution is -2.19. The summed E-state index contributed by atoms with van der Waals surface area (Å²) in [4.78, 5) is 26.1. The molecule has 1 N–H and O–H groups in total. The van der Waals surface area contributed by atoms with Crippen molar-refractivity contribution >= 4 is 17.4 Å². The van der Waals surface area contributed by atoms with Gasteiger partial charge in [0, 0.05) is 24.7 Å². The molecule has 0 spiro atoms. The van der Waals surface area contributed by atoms with Gasteiger partial charge in [-0.15, -0.1) is 0 Å². The number of benzene rings is 1. The molecule has 134 valence electrons. The lowest BCUT2D eigenvalue weighted by atomic mass is 10.2. The first-order valence-electron chi connectivity index (χ1n) is 7.17. The molecule has 1 amide bonds. The van der Waals surface area contributed by atoms with Gasteiger partial charge in [0.25, 0.3) is 0 Å². The van der Waals surface area contributed by atoms with Gasteiger partial charge in [-0.3, -0.25) is 9.36 Å². The van der Waals surface area contributed by atoms with Crippen LogP contribution < -0.4 is 19.5 Å². The molecule has 0 aliphatic rings. The summed E-state index contributed by atoms with van der Waals surface area (Å²) < 4.78 is 17.1. The van der Waals surface area contributed by atoms with Gasteiger partial charge in [0.15, 0.2) is 11.5 Å². The predicted octanol–water partition coefficient (Wildman–Crippen LogP) is 1.76. The standard InChI is InChI=1S/C15H18N4O6/c1-9-16-13(19(21)22)7-18(9)8-14(20)17-10-5-11(23-2)15(25-4)12(6-10)24-3/h5-7H,8H2,1-4H3,(H,17,20). The smallest absolute Gasteiger partial charge is 0.381 e. The van der Waals surface area contributed by atoms with E-state index in [0.29, 0.717) is 28.8 Å². The van der Waals surface area contributed by atoms with Gasteiger partial charge in [-0.05, 0) is 9.91 Å². The molecule has 0 saturated heterocycles. The van der Waals surface area contributed by atoms with E-state index in [1.165, 1.54) is 32.1 Å². The van der Waals surface area contributed by atoms with Crippen LogP contribution in [0.5, 0.6) is 17.2 Å². The number of anilines is 1. The van der Waals surface area contributed by atoms with E-state index in [0.717, 1.165) is 0 Å². The van der Waals surface area contributed by atoms with E-state index in [2.05, 4.69) is 10.3 Å². The third-order valence-corrected chi connectivity index (χ3v) is 3.41. The number of hydrogen-bond acceptors (Lipinski definition) is 7. The lowest BCUT2D eigenvalue weighted by molar-refractivity contribution is -0.389. The van der Waals surface area contributed by atoms with Crippen molar-refractivity contribution in [3.8, 4) is 17.2 Å². The molecule has 2 aromatic rings. The highest BCUT2D eigenvalue weighted by Gasteiger charge is 2.18.